The summed E-state index contributed by atoms with van der Waals surface area (Å²) in [4.78, 5) is 0. The maximum absolute atomic E-state index is 9.85. The van der Waals surface area contributed by atoms with Crippen molar-refractivity contribution < 1.29 is 9.84 Å². The molecule has 0 aliphatic heterocycles. The molecule has 0 saturated heterocycles. The van der Waals surface area contributed by atoms with Gasteiger partial charge in [-0.05, 0) is 23.9 Å². The molecule has 2 rings (SSSR count). The van der Waals surface area contributed by atoms with E-state index in [0.717, 1.165) is 16.3 Å². The van der Waals surface area contributed by atoms with E-state index in [4.69, 9.17) is 4.74 Å². The number of hydrogen-bond acceptors (Lipinski definition) is 2. The Morgan fingerprint density at radius 1 is 1.14 bits per heavy atom. The Kier molecular flexibility index (Phi) is 2.04. The van der Waals surface area contributed by atoms with Crippen LogP contribution in [-0.2, 0) is 0 Å². The molecule has 0 radical (unpaired) electrons. The molecule has 0 spiro atoms. The lowest BCUT2D eigenvalue weighted by molar-refractivity contribution is 0.376. The Morgan fingerprint density at radius 2 is 1.79 bits per heavy atom. The van der Waals surface area contributed by atoms with Gasteiger partial charge in [0.2, 0.25) is 0 Å². The first-order valence-electron chi connectivity index (χ1n) is 4.49. The van der Waals surface area contributed by atoms with Gasteiger partial charge in [0.25, 0.3) is 0 Å². The van der Waals surface area contributed by atoms with Crippen LogP contribution >= 0.6 is 0 Å². The SMILES string of the molecule is COc1cc(C)c2ccccc2c1O. The van der Waals surface area contributed by atoms with Gasteiger partial charge in [-0.15, -0.1) is 0 Å². The third-order valence-corrected chi connectivity index (χ3v) is 2.41. The molecule has 0 bridgehead atoms. The maximum Gasteiger partial charge on any atom is 0.165 e. The molecule has 0 amide bonds. The van der Waals surface area contributed by atoms with Crippen molar-refractivity contribution in [2.75, 3.05) is 7.11 Å². The number of ether oxygens (including phenoxy) is 1. The lowest BCUT2D eigenvalue weighted by Crippen LogP contribution is -1.87. The summed E-state index contributed by atoms with van der Waals surface area (Å²) in [6, 6.07) is 9.59. The van der Waals surface area contributed by atoms with Crippen LogP contribution in [0.15, 0.2) is 30.3 Å². The Morgan fingerprint density at radius 3 is 2.43 bits per heavy atom. The van der Waals surface area contributed by atoms with E-state index >= 15 is 0 Å². The van der Waals surface area contributed by atoms with Gasteiger partial charge < -0.3 is 9.84 Å². The van der Waals surface area contributed by atoms with E-state index in [1.54, 1.807) is 7.11 Å². The highest BCUT2D eigenvalue weighted by Gasteiger charge is 2.08. The van der Waals surface area contributed by atoms with Crippen molar-refractivity contribution in [1.29, 1.82) is 0 Å². The Labute approximate surface area is 82.8 Å². The quantitative estimate of drug-likeness (QED) is 0.745. The van der Waals surface area contributed by atoms with Crippen LogP contribution in [0, 0.1) is 6.92 Å². The minimum absolute atomic E-state index is 0.216. The van der Waals surface area contributed by atoms with Gasteiger partial charge >= 0.3 is 0 Å². The minimum Gasteiger partial charge on any atom is -0.504 e. The largest absolute Gasteiger partial charge is 0.504 e. The minimum atomic E-state index is 0.216. The average Bonchev–Trinajstić information content (AvgIpc) is 2.23. The molecule has 72 valence electrons. The molecule has 0 atom stereocenters. The van der Waals surface area contributed by atoms with E-state index in [9.17, 15) is 5.11 Å². The van der Waals surface area contributed by atoms with Crippen molar-refractivity contribution in [1.82, 2.24) is 0 Å². The second kappa shape index (κ2) is 3.22. The lowest BCUT2D eigenvalue weighted by atomic mass is 10.0. The normalized spacial score (nSPS) is 10.4. The topological polar surface area (TPSA) is 29.5 Å². The second-order valence-corrected chi connectivity index (χ2v) is 3.29. The highest BCUT2D eigenvalue weighted by atomic mass is 16.5. The summed E-state index contributed by atoms with van der Waals surface area (Å²) < 4.78 is 5.08. The fraction of sp³-hybridized carbons (Fsp3) is 0.167. The second-order valence-electron chi connectivity index (χ2n) is 3.29. The molecule has 0 heterocycles. The van der Waals surface area contributed by atoms with Crippen molar-refractivity contribution in [2.45, 2.75) is 6.92 Å². The summed E-state index contributed by atoms with van der Waals surface area (Å²) >= 11 is 0. The molecule has 1 N–H and O–H groups in total. The average molecular weight is 188 g/mol. The zero-order valence-electron chi connectivity index (χ0n) is 8.24. The zero-order valence-corrected chi connectivity index (χ0v) is 8.24. The molecule has 2 nitrogen and oxygen atoms in total. The molecule has 2 aromatic rings. The summed E-state index contributed by atoms with van der Waals surface area (Å²) in [5.74, 6) is 0.745. The van der Waals surface area contributed by atoms with Crippen LogP contribution in [0.3, 0.4) is 0 Å². The van der Waals surface area contributed by atoms with Gasteiger partial charge in [-0.1, -0.05) is 24.3 Å². The van der Waals surface area contributed by atoms with Crippen molar-refractivity contribution in [3.05, 3.63) is 35.9 Å². The molecule has 0 aromatic heterocycles. The monoisotopic (exact) mass is 188 g/mol. The predicted molar refractivity (Wildman–Crippen MR) is 56.9 cm³/mol. The molecule has 2 heteroatoms. The fourth-order valence-electron chi connectivity index (χ4n) is 1.66. The van der Waals surface area contributed by atoms with Crippen LogP contribution in [0.1, 0.15) is 5.56 Å². The number of aryl methyl sites for hydroxylation is 1. The summed E-state index contributed by atoms with van der Waals surface area (Å²) in [5.41, 5.74) is 1.11. The first-order chi connectivity index (χ1) is 6.74. The van der Waals surface area contributed by atoms with E-state index in [2.05, 4.69) is 0 Å². The predicted octanol–water partition coefficient (Wildman–Crippen LogP) is 2.86. The summed E-state index contributed by atoms with van der Waals surface area (Å²) in [7, 11) is 1.56. The molecule has 0 aliphatic rings. The molecule has 0 saturated carbocycles. The van der Waals surface area contributed by atoms with Crippen molar-refractivity contribution in [2.24, 2.45) is 0 Å². The Bertz CT molecular complexity index is 475. The van der Waals surface area contributed by atoms with Gasteiger partial charge in [-0.25, -0.2) is 0 Å². The number of hydrogen-bond donors (Lipinski definition) is 1. The van der Waals surface area contributed by atoms with Crippen molar-refractivity contribution in [3.8, 4) is 11.5 Å². The number of benzene rings is 2. The highest BCUT2D eigenvalue weighted by molar-refractivity contribution is 5.92. The molecule has 0 unspecified atom stereocenters. The molecule has 2 aromatic carbocycles. The van der Waals surface area contributed by atoms with E-state index in [1.807, 2.05) is 37.3 Å². The van der Waals surface area contributed by atoms with Crippen LogP contribution in [-0.4, -0.2) is 12.2 Å². The van der Waals surface area contributed by atoms with Gasteiger partial charge in [0, 0.05) is 5.39 Å². The molecular formula is C12H12O2. The summed E-state index contributed by atoms with van der Waals surface area (Å²) in [5, 5.41) is 11.7. The van der Waals surface area contributed by atoms with Crippen LogP contribution in [0.5, 0.6) is 11.5 Å². The van der Waals surface area contributed by atoms with Gasteiger partial charge in [0.15, 0.2) is 11.5 Å². The van der Waals surface area contributed by atoms with Crippen LogP contribution < -0.4 is 4.74 Å². The van der Waals surface area contributed by atoms with Gasteiger partial charge in [-0.3, -0.25) is 0 Å². The first-order valence-corrected chi connectivity index (χ1v) is 4.49. The summed E-state index contributed by atoms with van der Waals surface area (Å²) in [6.07, 6.45) is 0. The highest BCUT2D eigenvalue weighted by Crippen LogP contribution is 2.36. The summed E-state index contributed by atoms with van der Waals surface area (Å²) in [6.45, 7) is 2.00. The van der Waals surface area contributed by atoms with Gasteiger partial charge in [-0.2, -0.15) is 0 Å². The Balaban J connectivity index is 2.87. The van der Waals surface area contributed by atoms with Gasteiger partial charge in [0.05, 0.1) is 7.11 Å². The molecule has 0 fully saturated rings. The molecule has 0 aliphatic carbocycles. The molecule has 14 heavy (non-hydrogen) atoms. The van der Waals surface area contributed by atoms with Crippen molar-refractivity contribution in [3.63, 3.8) is 0 Å². The van der Waals surface area contributed by atoms with E-state index < -0.39 is 0 Å². The molecular weight excluding hydrogens is 176 g/mol. The number of methoxy groups -OCH3 is 1. The first kappa shape index (κ1) is 8.88. The lowest BCUT2D eigenvalue weighted by Gasteiger charge is -2.09. The third kappa shape index (κ3) is 1.20. The van der Waals surface area contributed by atoms with Crippen LogP contribution in [0.4, 0.5) is 0 Å². The third-order valence-electron chi connectivity index (χ3n) is 2.41. The smallest absolute Gasteiger partial charge is 0.165 e. The fourth-order valence-corrected chi connectivity index (χ4v) is 1.66. The van der Waals surface area contributed by atoms with Gasteiger partial charge in [0.1, 0.15) is 0 Å². The number of aromatic hydroxyl groups is 1. The zero-order chi connectivity index (χ0) is 10.1. The number of fused-ring (bicyclic) bond motifs is 1. The van der Waals surface area contributed by atoms with Crippen LogP contribution in [0.25, 0.3) is 10.8 Å². The van der Waals surface area contributed by atoms with E-state index in [1.165, 1.54) is 0 Å². The standard InChI is InChI=1S/C12H12O2/c1-8-7-11(14-2)12(13)10-6-4-3-5-9(8)10/h3-7,13H,1-2H3. The van der Waals surface area contributed by atoms with E-state index in [-0.39, 0.29) is 5.75 Å². The van der Waals surface area contributed by atoms with E-state index in [0.29, 0.717) is 5.75 Å². The number of rotatable bonds is 1. The maximum atomic E-state index is 9.85. The van der Waals surface area contributed by atoms with Crippen LogP contribution in [0.2, 0.25) is 0 Å². The van der Waals surface area contributed by atoms with Crippen molar-refractivity contribution >= 4 is 10.8 Å². The Hall–Kier alpha value is -1.70. The number of phenols is 1. The number of phenolic OH excluding ortho intramolecular Hbond substituents is 1.